The fourth-order valence-electron chi connectivity index (χ4n) is 3.80. The summed E-state index contributed by atoms with van der Waals surface area (Å²) < 4.78 is 6.13. The van der Waals surface area contributed by atoms with Gasteiger partial charge in [0.15, 0.2) is 16.8 Å². The minimum atomic E-state index is -0.0478. The number of hydrogen-bond donors (Lipinski definition) is 0. The summed E-state index contributed by atoms with van der Waals surface area (Å²) in [7, 11) is 0. The molecule has 0 radical (unpaired) electrons. The molecule has 3 aromatic rings. The van der Waals surface area contributed by atoms with Crippen LogP contribution in [-0.4, -0.2) is 11.5 Å². The van der Waals surface area contributed by atoms with Crippen LogP contribution in [0.4, 0.5) is 5.69 Å². The molecule has 0 aromatic heterocycles. The lowest BCUT2D eigenvalue weighted by atomic mass is 10.0. The largest absolute Gasteiger partial charge is 0.453 e. The maximum absolute atomic E-state index is 12.5. The van der Waals surface area contributed by atoms with Crippen LogP contribution in [0.1, 0.15) is 12.5 Å². The highest BCUT2D eigenvalue weighted by molar-refractivity contribution is 5.96. The zero-order valence-electron chi connectivity index (χ0n) is 16.1. The monoisotopic (exact) mass is 380 g/mol. The van der Waals surface area contributed by atoms with Crippen molar-refractivity contribution in [2.24, 2.45) is 0 Å². The van der Waals surface area contributed by atoms with Gasteiger partial charge in [-0.3, -0.25) is 4.79 Å². The lowest BCUT2D eigenvalue weighted by Crippen LogP contribution is -2.21. The van der Waals surface area contributed by atoms with E-state index in [1.165, 1.54) is 5.56 Å². The molecule has 1 heterocycles. The Morgan fingerprint density at radius 2 is 1.66 bits per heavy atom. The van der Waals surface area contributed by atoms with Gasteiger partial charge < -0.3 is 9.32 Å². The first kappa shape index (κ1) is 17.4. The molecule has 5 rings (SSSR count). The lowest BCUT2D eigenvalue weighted by molar-refractivity contribution is 0.613. The van der Waals surface area contributed by atoms with Crippen LogP contribution in [0.3, 0.4) is 0 Å². The van der Waals surface area contributed by atoms with Crippen LogP contribution in [0.25, 0.3) is 33.3 Å². The predicted molar refractivity (Wildman–Crippen MR) is 118 cm³/mol. The zero-order valence-corrected chi connectivity index (χ0v) is 16.1. The van der Waals surface area contributed by atoms with Gasteiger partial charge in [-0.1, -0.05) is 54.6 Å². The number of anilines is 1. The molecule has 1 aliphatic heterocycles. The summed E-state index contributed by atoms with van der Waals surface area (Å²) in [6.45, 7) is 3.83. The number of benzene rings is 4. The summed E-state index contributed by atoms with van der Waals surface area (Å²) in [5.41, 5.74) is 4.45. The van der Waals surface area contributed by atoms with Gasteiger partial charge in [-0.05, 0) is 24.6 Å². The third-order valence-electron chi connectivity index (χ3n) is 5.30. The molecule has 0 amide bonds. The fourth-order valence-corrected chi connectivity index (χ4v) is 3.80. The highest BCUT2D eigenvalue weighted by Gasteiger charge is 2.16. The second kappa shape index (κ2) is 7.06. The number of fused-ring (bicyclic) bond motifs is 4. The Balaban J connectivity index is 1.63. The van der Waals surface area contributed by atoms with E-state index < -0.39 is 0 Å². The minimum Gasteiger partial charge on any atom is -0.453 e. The van der Waals surface area contributed by atoms with E-state index in [0.717, 1.165) is 35.4 Å². The molecule has 0 N–H and O–H groups in total. The van der Waals surface area contributed by atoms with Gasteiger partial charge in [-0.15, -0.1) is 0 Å². The van der Waals surface area contributed by atoms with Crippen LogP contribution >= 0.6 is 0 Å². The van der Waals surface area contributed by atoms with Crippen molar-refractivity contribution in [1.29, 1.82) is 0 Å². The number of rotatable bonds is 4. The topological polar surface area (TPSA) is 46.3 Å². The van der Waals surface area contributed by atoms with Crippen LogP contribution in [0.15, 0.2) is 88.1 Å². The van der Waals surface area contributed by atoms with Gasteiger partial charge in [0.05, 0.1) is 0 Å². The maximum Gasteiger partial charge on any atom is 0.190 e. The molecular formula is C25H20N2O2. The molecule has 2 aliphatic rings. The Kier molecular flexibility index (Phi) is 4.24. The molecule has 0 spiro atoms. The Hall–Kier alpha value is -3.66. The Morgan fingerprint density at radius 1 is 0.897 bits per heavy atom. The van der Waals surface area contributed by atoms with E-state index in [2.05, 4.69) is 42.2 Å². The Labute approximate surface area is 168 Å². The van der Waals surface area contributed by atoms with Crippen LogP contribution < -0.4 is 10.3 Å². The van der Waals surface area contributed by atoms with Gasteiger partial charge >= 0.3 is 0 Å². The summed E-state index contributed by atoms with van der Waals surface area (Å²) in [6.07, 6.45) is 0. The second-order valence-corrected chi connectivity index (χ2v) is 7.13. The summed E-state index contributed by atoms with van der Waals surface area (Å²) in [5.74, 6) is 0.518. The standard InChI is InChI=1S/C25H20N2O2/c1-2-27(16-17-8-4-3-5-9-17)18-12-13-21-23(14-18)29-24-15-22(28)19-10-6-7-11-20(19)25(24)26-21/h3-15H,2,16H2,1H3. The van der Waals surface area contributed by atoms with E-state index in [1.807, 2.05) is 42.5 Å². The Morgan fingerprint density at radius 3 is 2.45 bits per heavy atom. The normalized spacial score (nSPS) is 11.3. The summed E-state index contributed by atoms with van der Waals surface area (Å²) in [4.78, 5) is 19.5. The molecule has 0 bridgehead atoms. The molecular weight excluding hydrogens is 360 g/mol. The van der Waals surface area contributed by atoms with Crippen LogP contribution in [0, 0.1) is 0 Å². The van der Waals surface area contributed by atoms with Gasteiger partial charge in [0.1, 0.15) is 11.2 Å². The summed E-state index contributed by atoms with van der Waals surface area (Å²) in [6, 6.07) is 25.5. The molecule has 29 heavy (non-hydrogen) atoms. The van der Waals surface area contributed by atoms with Crippen molar-refractivity contribution in [3.8, 4) is 11.5 Å². The highest BCUT2D eigenvalue weighted by atomic mass is 16.3. The van der Waals surface area contributed by atoms with E-state index in [0.29, 0.717) is 16.7 Å². The van der Waals surface area contributed by atoms with Gasteiger partial charge in [0.25, 0.3) is 0 Å². The SMILES string of the molecule is CCN(Cc1ccccc1)c1ccc2nc3c4ccccc4c(=O)cc-3oc2c1. The molecule has 3 aromatic carbocycles. The third-order valence-corrected chi connectivity index (χ3v) is 5.30. The van der Waals surface area contributed by atoms with Crippen molar-refractivity contribution >= 4 is 27.6 Å². The first-order valence-corrected chi connectivity index (χ1v) is 9.78. The van der Waals surface area contributed by atoms with Crippen molar-refractivity contribution in [3.63, 3.8) is 0 Å². The summed E-state index contributed by atoms with van der Waals surface area (Å²) in [5, 5.41) is 1.49. The molecule has 142 valence electrons. The van der Waals surface area contributed by atoms with Crippen molar-refractivity contribution in [2.75, 3.05) is 11.4 Å². The average molecular weight is 380 g/mol. The van der Waals surface area contributed by atoms with Crippen molar-refractivity contribution in [2.45, 2.75) is 13.5 Å². The van der Waals surface area contributed by atoms with Gasteiger partial charge in [0.2, 0.25) is 0 Å². The predicted octanol–water partition coefficient (Wildman–Crippen LogP) is 5.47. The number of aromatic nitrogens is 1. The van der Waals surface area contributed by atoms with Crippen LogP contribution in [-0.2, 0) is 6.54 Å². The second-order valence-electron chi connectivity index (χ2n) is 7.13. The molecule has 1 aliphatic carbocycles. The van der Waals surface area contributed by atoms with Gasteiger partial charge in [-0.25, -0.2) is 4.98 Å². The lowest BCUT2D eigenvalue weighted by Gasteiger charge is -2.23. The van der Waals surface area contributed by atoms with Crippen molar-refractivity contribution in [1.82, 2.24) is 4.98 Å². The molecule has 4 nitrogen and oxygen atoms in total. The Bertz CT molecular complexity index is 1340. The molecule has 0 fully saturated rings. The van der Waals surface area contributed by atoms with Gasteiger partial charge in [-0.2, -0.15) is 0 Å². The van der Waals surface area contributed by atoms with E-state index in [9.17, 15) is 4.79 Å². The maximum atomic E-state index is 12.5. The third kappa shape index (κ3) is 3.13. The molecule has 0 saturated carbocycles. The van der Waals surface area contributed by atoms with E-state index in [1.54, 1.807) is 6.07 Å². The average Bonchev–Trinajstić information content (AvgIpc) is 2.77. The quantitative estimate of drug-likeness (QED) is 0.306. The van der Waals surface area contributed by atoms with Gasteiger partial charge in [0, 0.05) is 41.7 Å². The minimum absolute atomic E-state index is 0.0478. The van der Waals surface area contributed by atoms with Crippen LogP contribution in [0.5, 0.6) is 0 Å². The highest BCUT2D eigenvalue weighted by Crippen LogP contribution is 2.31. The number of hydrogen-bond acceptors (Lipinski definition) is 4. The molecule has 0 unspecified atom stereocenters. The van der Waals surface area contributed by atoms with E-state index in [4.69, 9.17) is 9.40 Å². The van der Waals surface area contributed by atoms with E-state index in [-0.39, 0.29) is 5.43 Å². The fraction of sp³-hybridized carbons (Fsp3) is 0.120. The molecule has 4 heteroatoms. The first-order chi connectivity index (χ1) is 14.2. The van der Waals surface area contributed by atoms with Crippen molar-refractivity contribution < 1.29 is 4.42 Å². The summed E-state index contributed by atoms with van der Waals surface area (Å²) >= 11 is 0. The molecule has 0 atom stereocenters. The van der Waals surface area contributed by atoms with E-state index >= 15 is 0 Å². The van der Waals surface area contributed by atoms with Crippen LogP contribution in [0.2, 0.25) is 0 Å². The molecule has 0 saturated heterocycles. The smallest absolute Gasteiger partial charge is 0.190 e. The first-order valence-electron chi connectivity index (χ1n) is 9.78. The zero-order chi connectivity index (χ0) is 19.8. The van der Waals surface area contributed by atoms with Crippen molar-refractivity contribution in [3.05, 3.63) is 94.6 Å². The number of nitrogens with zero attached hydrogens (tertiary/aromatic N) is 2.